The van der Waals surface area contributed by atoms with Crippen LogP contribution in [-0.2, 0) is 16.1 Å². The molecule has 0 bridgehead atoms. The summed E-state index contributed by atoms with van der Waals surface area (Å²) in [5.41, 5.74) is 0.818. The molecule has 128 valence electrons. The van der Waals surface area contributed by atoms with Crippen molar-refractivity contribution in [3.8, 4) is 0 Å². The average molecular weight is 319 g/mol. The van der Waals surface area contributed by atoms with Crippen LogP contribution in [0.3, 0.4) is 0 Å². The van der Waals surface area contributed by atoms with Crippen LogP contribution >= 0.6 is 0 Å². The first kappa shape index (κ1) is 19.2. The minimum Gasteiger partial charge on any atom is -0.350 e. The molecule has 5 nitrogen and oxygen atoms in total. The molecule has 2 amide bonds. The van der Waals surface area contributed by atoms with Gasteiger partial charge in [0.15, 0.2) is 0 Å². The molecule has 1 aromatic rings. The van der Waals surface area contributed by atoms with E-state index in [2.05, 4.69) is 5.32 Å². The summed E-state index contributed by atoms with van der Waals surface area (Å²) in [6.07, 6.45) is 0. The van der Waals surface area contributed by atoms with Crippen LogP contribution in [0.15, 0.2) is 30.3 Å². The largest absolute Gasteiger partial charge is 0.350 e. The maximum Gasteiger partial charge on any atom is 0.239 e. The lowest BCUT2D eigenvalue weighted by molar-refractivity contribution is -0.136. The molecule has 1 aromatic carbocycles. The number of carbonyl (C=O) groups excluding carboxylic acids is 2. The van der Waals surface area contributed by atoms with E-state index in [4.69, 9.17) is 0 Å². The monoisotopic (exact) mass is 319 g/mol. The van der Waals surface area contributed by atoms with Gasteiger partial charge in [0.05, 0.1) is 12.6 Å². The number of amides is 2. The van der Waals surface area contributed by atoms with Crippen LogP contribution in [0.1, 0.15) is 33.3 Å². The zero-order chi connectivity index (χ0) is 17.6. The van der Waals surface area contributed by atoms with Gasteiger partial charge in [-0.1, -0.05) is 30.3 Å². The molecule has 0 radical (unpaired) electrons. The van der Waals surface area contributed by atoms with Crippen molar-refractivity contribution in [3.63, 3.8) is 0 Å². The zero-order valence-electron chi connectivity index (χ0n) is 15.1. The van der Waals surface area contributed by atoms with E-state index in [1.165, 1.54) is 0 Å². The molecule has 23 heavy (non-hydrogen) atoms. The molecule has 0 aliphatic heterocycles. The Morgan fingerprint density at radius 2 is 1.70 bits per heavy atom. The molecular weight excluding hydrogens is 290 g/mol. The molecule has 0 fully saturated rings. The van der Waals surface area contributed by atoms with Crippen molar-refractivity contribution in [2.24, 2.45) is 0 Å². The van der Waals surface area contributed by atoms with Crippen LogP contribution in [0.2, 0.25) is 0 Å². The number of likely N-dealkylation sites (N-methyl/N-ethyl adjacent to an activating group) is 2. The Morgan fingerprint density at radius 3 is 2.22 bits per heavy atom. The summed E-state index contributed by atoms with van der Waals surface area (Å²) >= 11 is 0. The van der Waals surface area contributed by atoms with Gasteiger partial charge in [0.1, 0.15) is 0 Å². The number of hydrogen-bond donors (Lipinski definition) is 1. The molecule has 1 unspecified atom stereocenters. The Bertz CT molecular complexity index is 523. The maximum absolute atomic E-state index is 12.5. The molecule has 0 aliphatic rings. The number of nitrogens with one attached hydrogen (secondary N) is 1. The lowest BCUT2D eigenvalue weighted by Gasteiger charge is -2.29. The molecule has 0 heterocycles. The Labute approximate surface area is 139 Å². The number of nitrogens with zero attached hydrogens (tertiary/aromatic N) is 2. The van der Waals surface area contributed by atoms with Crippen molar-refractivity contribution in [3.05, 3.63) is 35.9 Å². The highest BCUT2D eigenvalue weighted by Crippen LogP contribution is 2.07. The summed E-state index contributed by atoms with van der Waals surface area (Å²) in [6.45, 7) is 8.40. The van der Waals surface area contributed by atoms with Gasteiger partial charge in [-0.3, -0.25) is 14.5 Å². The van der Waals surface area contributed by atoms with Gasteiger partial charge in [0, 0.05) is 19.1 Å². The quantitative estimate of drug-likeness (QED) is 0.871. The minimum atomic E-state index is -0.352. The number of hydrogen-bond acceptors (Lipinski definition) is 3. The molecule has 5 heteroatoms. The molecule has 1 N–H and O–H groups in total. The minimum absolute atomic E-state index is 0.0000817. The van der Waals surface area contributed by atoms with Gasteiger partial charge in [0.25, 0.3) is 0 Å². The molecule has 1 atom stereocenters. The maximum atomic E-state index is 12.5. The topological polar surface area (TPSA) is 52.7 Å². The summed E-state index contributed by atoms with van der Waals surface area (Å²) in [7, 11) is 3.58. The second-order valence-corrected chi connectivity index (χ2v) is 7.07. The molecular formula is C18H29N3O2. The van der Waals surface area contributed by atoms with Gasteiger partial charge in [0.2, 0.25) is 11.8 Å². The Kier molecular flexibility index (Phi) is 6.76. The van der Waals surface area contributed by atoms with Crippen molar-refractivity contribution in [1.82, 2.24) is 15.1 Å². The van der Waals surface area contributed by atoms with Gasteiger partial charge in [-0.05, 0) is 40.3 Å². The van der Waals surface area contributed by atoms with Crippen LogP contribution in [0.4, 0.5) is 0 Å². The first-order valence-corrected chi connectivity index (χ1v) is 7.90. The van der Waals surface area contributed by atoms with Crippen LogP contribution in [0.25, 0.3) is 0 Å². The highest BCUT2D eigenvalue weighted by atomic mass is 16.2. The summed E-state index contributed by atoms with van der Waals surface area (Å²) in [5.74, 6) is -0.0784. The van der Waals surface area contributed by atoms with Crippen molar-refractivity contribution in [2.75, 3.05) is 20.6 Å². The van der Waals surface area contributed by atoms with Crippen LogP contribution in [0, 0.1) is 0 Å². The second kappa shape index (κ2) is 8.11. The number of rotatable bonds is 6. The van der Waals surface area contributed by atoms with E-state index in [-0.39, 0.29) is 29.9 Å². The van der Waals surface area contributed by atoms with E-state index in [0.29, 0.717) is 6.54 Å². The van der Waals surface area contributed by atoms with Crippen molar-refractivity contribution in [1.29, 1.82) is 0 Å². The molecule has 0 aliphatic carbocycles. The highest BCUT2D eigenvalue weighted by Gasteiger charge is 2.24. The van der Waals surface area contributed by atoms with Crippen molar-refractivity contribution in [2.45, 2.75) is 45.8 Å². The Morgan fingerprint density at radius 1 is 1.13 bits per heavy atom. The fourth-order valence-corrected chi connectivity index (χ4v) is 2.26. The van der Waals surface area contributed by atoms with Crippen LogP contribution < -0.4 is 5.32 Å². The van der Waals surface area contributed by atoms with Gasteiger partial charge in [-0.15, -0.1) is 0 Å². The standard InChI is InChI=1S/C18H29N3O2/c1-14(20(5)13-16(22)19-18(2,3)4)17(23)21(6)12-15-10-8-7-9-11-15/h7-11,14H,12-13H2,1-6H3,(H,19,22). The third-order valence-corrected chi connectivity index (χ3v) is 3.56. The van der Waals surface area contributed by atoms with Gasteiger partial charge < -0.3 is 10.2 Å². The lowest BCUT2D eigenvalue weighted by atomic mass is 10.1. The second-order valence-electron chi connectivity index (χ2n) is 7.07. The molecule has 0 saturated carbocycles. The molecule has 0 saturated heterocycles. The predicted octanol–water partition coefficient (Wildman–Crippen LogP) is 1.88. The average Bonchev–Trinajstić information content (AvgIpc) is 2.44. The predicted molar refractivity (Wildman–Crippen MR) is 92.9 cm³/mol. The van der Waals surface area contributed by atoms with Crippen LogP contribution in [-0.4, -0.2) is 53.8 Å². The summed E-state index contributed by atoms with van der Waals surface area (Å²) in [6, 6.07) is 9.51. The van der Waals surface area contributed by atoms with E-state index in [1.807, 2.05) is 58.0 Å². The number of carbonyl (C=O) groups is 2. The third kappa shape index (κ3) is 6.82. The zero-order valence-corrected chi connectivity index (χ0v) is 15.1. The third-order valence-electron chi connectivity index (χ3n) is 3.56. The smallest absolute Gasteiger partial charge is 0.239 e. The fraction of sp³-hybridized carbons (Fsp3) is 0.556. The fourth-order valence-electron chi connectivity index (χ4n) is 2.26. The van der Waals surface area contributed by atoms with E-state index >= 15 is 0 Å². The summed E-state index contributed by atoms with van der Waals surface area (Å²) in [5, 5.41) is 2.91. The first-order valence-electron chi connectivity index (χ1n) is 7.90. The lowest BCUT2D eigenvalue weighted by Crippen LogP contribution is -2.50. The first-order chi connectivity index (χ1) is 10.6. The SMILES string of the molecule is CC(C(=O)N(C)Cc1ccccc1)N(C)CC(=O)NC(C)(C)C. The molecule has 0 aromatic heterocycles. The summed E-state index contributed by atoms with van der Waals surface area (Å²) < 4.78 is 0. The highest BCUT2D eigenvalue weighted by molar-refractivity contribution is 5.83. The van der Waals surface area contributed by atoms with E-state index in [1.54, 1.807) is 23.9 Å². The van der Waals surface area contributed by atoms with Crippen molar-refractivity contribution < 1.29 is 9.59 Å². The van der Waals surface area contributed by atoms with E-state index in [9.17, 15) is 9.59 Å². The van der Waals surface area contributed by atoms with Gasteiger partial charge in [-0.25, -0.2) is 0 Å². The summed E-state index contributed by atoms with van der Waals surface area (Å²) in [4.78, 5) is 27.9. The molecule has 0 spiro atoms. The Balaban J connectivity index is 2.56. The van der Waals surface area contributed by atoms with Crippen LogP contribution in [0.5, 0.6) is 0 Å². The normalized spacial score (nSPS) is 12.8. The van der Waals surface area contributed by atoms with Crippen molar-refractivity contribution >= 4 is 11.8 Å². The number of benzene rings is 1. The van der Waals surface area contributed by atoms with Gasteiger partial charge in [-0.2, -0.15) is 0 Å². The van der Waals surface area contributed by atoms with E-state index < -0.39 is 0 Å². The van der Waals surface area contributed by atoms with E-state index in [0.717, 1.165) is 5.56 Å². The molecule has 1 rings (SSSR count). The van der Waals surface area contributed by atoms with Gasteiger partial charge >= 0.3 is 0 Å². The Hall–Kier alpha value is -1.88.